The molecular formula is C23H24ClNO7S. The number of carbonyl (C=O) groups is 3. The number of Topliss-reactive ketones (excluding diaryl/α,β-unsaturated/α-hetero) is 1. The second-order valence-electron chi connectivity index (χ2n) is 7.43. The normalized spacial score (nSPS) is 14.9. The lowest BCUT2D eigenvalue weighted by Crippen LogP contribution is -2.41. The number of hydrogen-bond acceptors (Lipinski definition) is 7. The van der Waals surface area contributed by atoms with Crippen molar-refractivity contribution in [3.8, 4) is 0 Å². The minimum atomic E-state index is -4.36. The van der Waals surface area contributed by atoms with Crippen LogP contribution in [-0.4, -0.2) is 50.3 Å². The first-order chi connectivity index (χ1) is 15.7. The zero-order valence-corrected chi connectivity index (χ0v) is 19.8. The average Bonchev–Trinajstić information content (AvgIpc) is 3.21. The van der Waals surface area contributed by atoms with Crippen LogP contribution in [0.25, 0.3) is 0 Å². The second-order valence-corrected chi connectivity index (χ2v) is 9.73. The Kier molecular flexibility index (Phi) is 7.76. The van der Waals surface area contributed by atoms with Crippen molar-refractivity contribution in [1.82, 2.24) is 4.31 Å². The third-order valence-electron chi connectivity index (χ3n) is 5.24. The van der Waals surface area contributed by atoms with Gasteiger partial charge in [-0.1, -0.05) is 23.7 Å². The second kappa shape index (κ2) is 10.4. The van der Waals surface area contributed by atoms with Gasteiger partial charge in [0.15, 0.2) is 5.78 Å². The Labute approximate surface area is 197 Å². The molecular weight excluding hydrogens is 470 g/mol. The molecule has 0 spiro atoms. The highest BCUT2D eigenvalue weighted by Gasteiger charge is 2.34. The molecule has 1 aliphatic carbocycles. The lowest BCUT2D eigenvalue weighted by Gasteiger charge is -2.21. The van der Waals surface area contributed by atoms with Crippen LogP contribution >= 0.6 is 11.6 Å². The zero-order chi connectivity index (χ0) is 24.2. The van der Waals surface area contributed by atoms with Gasteiger partial charge in [0.1, 0.15) is 6.54 Å². The number of amides is 1. The number of nitrogens with zero attached hydrogens (tertiary/aromatic N) is 1. The molecule has 3 rings (SSSR count). The van der Waals surface area contributed by atoms with Crippen molar-refractivity contribution in [2.75, 3.05) is 19.8 Å². The smallest absolute Gasteiger partial charge is 0.424 e. The molecule has 0 N–H and O–H groups in total. The van der Waals surface area contributed by atoms with Crippen LogP contribution in [0.5, 0.6) is 0 Å². The van der Waals surface area contributed by atoms with Crippen molar-refractivity contribution in [2.45, 2.75) is 31.6 Å². The number of sulfonamides is 1. The van der Waals surface area contributed by atoms with E-state index in [0.717, 1.165) is 11.1 Å². The maximum atomic E-state index is 13.1. The van der Waals surface area contributed by atoms with E-state index in [4.69, 9.17) is 21.1 Å². The Morgan fingerprint density at radius 1 is 0.970 bits per heavy atom. The van der Waals surface area contributed by atoms with Crippen molar-refractivity contribution >= 4 is 39.5 Å². The SMILES string of the molecule is CCOC(=O)C1Cc2ccc(C(=O)CN(C(=O)OCC)S(=O)(=O)c3ccc(Cl)cc3)cc2C1. The zero-order valence-electron chi connectivity index (χ0n) is 18.2. The van der Waals surface area contributed by atoms with Crippen LogP contribution in [0.4, 0.5) is 4.79 Å². The summed E-state index contributed by atoms with van der Waals surface area (Å²) in [5.41, 5.74) is 1.99. The standard InChI is InChI=1S/C23H24ClNO7S/c1-3-31-22(27)18-11-15-5-6-16(12-17(15)13-18)21(26)14-25(23(28)32-4-2)33(29,30)20-9-7-19(24)8-10-20/h5-10,12,18H,3-4,11,13-14H2,1-2H3. The molecule has 10 heteroatoms. The summed E-state index contributed by atoms with van der Waals surface area (Å²) in [4.78, 5) is 37.3. The Balaban J connectivity index is 1.84. The number of benzene rings is 2. The lowest BCUT2D eigenvalue weighted by atomic mass is 10.0. The summed E-state index contributed by atoms with van der Waals surface area (Å²) in [6.45, 7) is 2.77. The van der Waals surface area contributed by atoms with E-state index in [2.05, 4.69) is 0 Å². The van der Waals surface area contributed by atoms with Gasteiger partial charge in [-0.15, -0.1) is 0 Å². The number of ether oxygens (including phenoxy) is 2. The Hall–Kier alpha value is -2.91. The molecule has 1 unspecified atom stereocenters. The minimum absolute atomic E-state index is 0.0618. The Bertz CT molecular complexity index is 1160. The maximum absolute atomic E-state index is 13.1. The molecule has 0 aliphatic heterocycles. The van der Waals surface area contributed by atoms with E-state index in [0.29, 0.717) is 28.8 Å². The largest absolute Gasteiger partial charge is 0.466 e. The van der Waals surface area contributed by atoms with Crippen LogP contribution in [0, 0.1) is 5.92 Å². The molecule has 2 aromatic rings. The fourth-order valence-electron chi connectivity index (χ4n) is 3.62. The Morgan fingerprint density at radius 3 is 2.24 bits per heavy atom. The number of hydrogen-bond donors (Lipinski definition) is 0. The van der Waals surface area contributed by atoms with E-state index in [9.17, 15) is 22.8 Å². The molecule has 2 aromatic carbocycles. The lowest BCUT2D eigenvalue weighted by molar-refractivity contribution is -0.147. The van der Waals surface area contributed by atoms with Crippen LogP contribution in [0.1, 0.15) is 35.3 Å². The number of ketones is 1. The molecule has 0 radical (unpaired) electrons. The van der Waals surface area contributed by atoms with Crippen molar-refractivity contribution in [3.63, 3.8) is 0 Å². The van der Waals surface area contributed by atoms with Crippen molar-refractivity contribution < 1.29 is 32.3 Å². The van der Waals surface area contributed by atoms with Gasteiger partial charge in [-0.05, 0) is 68.1 Å². The minimum Gasteiger partial charge on any atom is -0.466 e. The first kappa shape index (κ1) is 24.7. The van der Waals surface area contributed by atoms with Gasteiger partial charge in [-0.2, -0.15) is 4.31 Å². The molecule has 33 heavy (non-hydrogen) atoms. The average molecular weight is 494 g/mol. The topological polar surface area (TPSA) is 107 Å². The summed E-state index contributed by atoms with van der Waals surface area (Å²) in [6.07, 6.45) is -0.202. The van der Waals surface area contributed by atoms with Gasteiger partial charge >= 0.3 is 12.1 Å². The van der Waals surface area contributed by atoms with E-state index >= 15 is 0 Å². The van der Waals surface area contributed by atoms with Gasteiger partial charge in [0, 0.05) is 10.6 Å². The molecule has 0 bridgehead atoms. The van der Waals surface area contributed by atoms with Crippen LogP contribution in [0.3, 0.4) is 0 Å². The van der Waals surface area contributed by atoms with Crippen LogP contribution < -0.4 is 0 Å². The van der Waals surface area contributed by atoms with Gasteiger partial charge in [-0.3, -0.25) is 9.59 Å². The monoisotopic (exact) mass is 493 g/mol. The molecule has 0 saturated carbocycles. The number of carbonyl (C=O) groups excluding carboxylic acids is 3. The number of fused-ring (bicyclic) bond motifs is 1. The predicted octanol–water partition coefficient (Wildman–Crippen LogP) is 3.65. The van der Waals surface area contributed by atoms with Crippen molar-refractivity contribution in [3.05, 3.63) is 64.2 Å². The highest BCUT2D eigenvalue weighted by molar-refractivity contribution is 7.89. The molecule has 0 aromatic heterocycles. The van der Waals surface area contributed by atoms with E-state index in [1.807, 2.05) is 0 Å². The van der Waals surface area contributed by atoms with Crippen LogP contribution in [0.2, 0.25) is 5.02 Å². The highest BCUT2D eigenvalue weighted by Crippen LogP contribution is 2.29. The molecule has 0 saturated heterocycles. The summed E-state index contributed by atoms with van der Waals surface area (Å²) in [6, 6.07) is 10.2. The number of halogens is 1. The third kappa shape index (κ3) is 5.54. The van der Waals surface area contributed by atoms with Crippen LogP contribution in [-0.2, 0) is 37.1 Å². The highest BCUT2D eigenvalue weighted by atomic mass is 35.5. The van der Waals surface area contributed by atoms with Gasteiger partial charge < -0.3 is 9.47 Å². The first-order valence-electron chi connectivity index (χ1n) is 10.4. The van der Waals surface area contributed by atoms with Gasteiger partial charge in [-0.25, -0.2) is 13.2 Å². The molecule has 1 aliphatic rings. The van der Waals surface area contributed by atoms with E-state index < -0.39 is 28.4 Å². The summed E-state index contributed by atoms with van der Waals surface area (Å²) in [5, 5.41) is 0.326. The van der Waals surface area contributed by atoms with E-state index in [1.165, 1.54) is 31.2 Å². The molecule has 176 valence electrons. The summed E-state index contributed by atoms with van der Waals surface area (Å²) >= 11 is 5.83. The molecule has 1 amide bonds. The fraction of sp³-hybridized carbons (Fsp3) is 0.348. The predicted molar refractivity (Wildman–Crippen MR) is 121 cm³/mol. The van der Waals surface area contributed by atoms with Crippen molar-refractivity contribution in [1.29, 1.82) is 0 Å². The quantitative estimate of drug-likeness (QED) is 0.408. The van der Waals surface area contributed by atoms with Crippen LogP contribution in [0.15, 0.2) is 47.4 Å². The van der Waals surface area contributed by atoms with Gasteiger partial charge in [0.2, 0.25) is 0 Å². The van der Waals surface area contributed by atoms with Gasteiger partial charge in [0.25, 0.3) is 10.0 Å². The molecule has 1 atom stereocenters. The van der Waals surface area contributed by atoms with Crippen molar-refractivity contribution in [2.24, 2.45) is 5.92 Å². The molecule has 0 heterocycles. The molecule has 8 nitrogen and oxygen atoms in total. The molecule has 0 fully saturated rings. The Morgan fingerprint density at radius 2 is 1.61 bits per heavy atom. The fourth-order valence-corrected chi connectivity index (χ4v) is 5.01. The van der Waals surface area contributed by atoms with E-state index in [1.54, 1.807) is 25.1 Å². The first-order valence-corrected chi connectivity index (χ1v) is 12.3. The van der Waals surface area contributed by atoms with E-state index in [-0.39, 0.29) is 29.0 Å². The summed E-state index contributed by atoms with van der Waals surface area (Å²) < 4.78 is 36.5. The number of rotatable bonds is 8. The summed E-state index contributed by atoms with van der Waals surface area (Å²) in [5.74, 6) is -1.18. The number of esters is 1. The maximum Gasteiger partial charge on any atom is 0.424 e. The third-order valence-corrected chi connectivity index (χ3v) is 7.22. The van der Waals surface area contributed by atoms with Gasteiger partial charge in [0.05, 0.1) is 24.0 Å². The summed E-state index contributed by atoms with van der Waals surface area (Å²) in [7, 11) is -4.36.